The van der Waals surface area contributed by atoms with Gasteiger partial charge >= 0.3 is 0 Å². The first-order valence-corrected chi connectivity index (χ1v) is 8.30. The average Bonchev–Trinajstić information content (AvgIpc) is 2.75. The first kappa shape index (κ1) is 14.8. The normalized spacial score (nSPS) is 23.7. The second kappa shape index (κ2) is 5.78. The number of halogens is 1. The molecule has 0 heterocycles. The van der Waals surface area contributed by atoms with E-state index in [1.54, 1.807) is 19.2 Å². The van der Waals surface area contributed by atoms with Gasteiger partial charge in [0, 0.05) is 23.3 Å². The summed E-state index contributed by atoms with van der Waals surface area (Å²) in [6.07, 6.45) is 2.53. The van der Waals surface area contributed by atoms with Crippen molar-refractivity contribution >= 4 is 31.6 Å². The number of ether oxygens (including phenoxy) is 1. The van der Waals surface area contributed by atoms with Crippen LogP contribution in [0.1, 0.15) is 19.3 Å². The van der Waals surface area contributed by atoms with Gasteiger partial charge in [0.2, 0.25) is 10.0 Å². The van der Waals surface area contributed by atoms with Crippen molar-refractivity contribution in [3.05, 3.63) is 22.7 Å². The van der Waals surface area contributed by atoms with Crippen LogP contribution in [-0.4, -0.2) is 27.7 Å². The van der Waals surface area contributed by atoms with Gasteiger partial charge in [0.25, 0.3) is 0 Å². The van der Waals surface area contributed by atoms with Crippen molar-refractivity contribution in [3.63, 3.8) is 0 Å². The SMILES string of the molecule is COC1CCC(NS(=O)(=O)c2ccc(N)cc2Br)C1. The highest BCUT2D eigenvalue weighted by Gasteiger charge is 2.29. The molecule has 0 spiro atoms. The number of hydrogen-bond donors (Lipinski definition) is 2. The van der Waals surface area contributed by atoms with Crippen LogP contribution in [0.5, 0.6) is 0 Å². The summed E-state index contributed by atoms with van der Waals surface area (Å²) in [5.74, 6) is 0. The Hall–Kier alpha value is -0.630. The van der Waals surface area contributed by atoms with E-state index in [1.165, 1.54) is 6.07 Å². The van der Waals surface area contributed by atoms with E-state index in [-0.39, 0.29) is 17.0 Å². The zero-order chi connectivity index (χ0) is 14.0. The molecule has 0 saturated heterocycles. The number of benzene rings is 1. The molecular weight excluding hydrogens is 332 g/mol. The van der Waals surface area contributed by atoms with Gasteiger partial charge in [0.1, 0.15) is 0 Å². The molecule has 0 amide bonds. The summed E-state index contributed by atoms with van der Waals surface area (Å²) in [6, 6.07) is 4.59. The minimum Gasteiger partial charge on any atom is -0.399 e. The quantitative estimate of drug-likeness (QED) is 0.814. The van der Waals surface area contributed by atoms with Crippen molar-refractivity contribution in [3.8, 4) is 0 Å². The van der Waals surface area contributed by atoms with Gasteiger partial charge in [-0.25, -0.2) is 13.1 Å². The summed E-state index contributed by atoms with van der Waals surface area (Å²) in [4.78, 5) is 0.211. The third kappa shape index (κ3) is 3.47. The molecule has 5 nitrogen and oxygen atoms in total. The van der Waals surface area contributed by atoms with E-state index in [0.29, 0.717) is 16.6 Å². The Morgan fingerprint density at radius 2 is 2.16 bits per heavy atom. The van der Waals surface area contributed by atoms with Crippen LogP contribution in [0, 0.1) is 0 Å². The van der Waals surface area contributed by atoms with Gasteiger partial charge in [-0.15, -0.1) is 0 Å². The summed E-state index contributed by atoms with van der Waals surface area (Å²) in [7, 11) is -1.88. The third-order valence-electron chi connectivity index (χ3n) is 3.29. The van der Waals surface area contributed by atoms with E-state index in [4.69, 9.17) is 10.5 Å². The number of anilines is 1. The second-order valence-corrected chi connectivity index (χ2v) is 7.22. The highest BCUT2D eigenvalue weighted by atomic mass is 79.9. The van der Waals surface area contributed by atoms with Gasteiger partial charge < -0.3 is 10.5 Å². The molecule has 1 aromatic rings. The van der Waals surface area contributed by atoms with Gasteiger partial charge in [-0.3, -0.25) is 0 Å². The number of nitrogens with one attached hydrogen (secondary N) is 1. The van der Waals surface area contributed by atoms with E-state index in [2.05, 4.69) is 20.7 Å². The number of nitrogens with two attached hydrogens (primary N) is 1. The maximum Gasteiger partial charge on any atom is 0.241 e. The maximum atomic E-state index is 12.3. The molecule has 7 heteroatoms. The number of sulfonamides is 1. The first-order valence-electron chi connectivity index (χ1n) is 6.02. The molecule has 1 aromatic carbocycles. The van der Waals surface area contributed by atoms with Crippen LogP contribution < -0.4 is 10.5 Å². The fraction of sp³-hybridized carbons (Fsp3) is 0.500. The molecule has 0 aromatic heterocycles. The molecule has 3 N–H and O–H groups in total. The summed E-state index contributed by atoms with van der Waals surface area (Å²) >= 11 is 3.23. The molecule has 1 saturated carbocycles. The molecule has 0 bridgehead atoms. The Morgan fingerprint density at radius 1 is 1.42 bits per heavy atom. The Balaban J connectivity index is 2.14. The molecule has 19 heavy (non-hydrogen) atoms. The molecule has 1 aliphatic rings. The van der Waals surface area contributed by atoms with E-state index in [9.17, 15) is 8.42 Å². The van der Waals surface area contributed by atoms with Crippen LogP contribution in [0.2, 0.25) is 0 Å². The fourth-order valence-corrected chi connectivity index (χ4v) is 4.66. The summed E-state index contributed by atoms with van der Waals surface area (Å²) in [6.45, 7) is 0. The van der Waals surface area contributed by atoms with Gasteiger partial charge in [0.15, 0.2) is 0 Å². The lowest BCUT2D eigenvalue weighted by atomic mass is 10.3. The minimum absolute atomic E-state index is 0.0700. The standard InChI is InChI=1S/C12H17BrN2O3S/c1-18-10-4-3-9(7-10)15-19(16,17)12-5-2-8(14)6-11(12)13/h2,5-6,9-10,15H,3-4,7,14H2,1H3. The first-order chi connectivity index (χ1) is 8.92. The van der Waals surface area contributed by atoms with Gasteiger partial charge in [-0.1, -0.05) is 0 Å². The Kier molecular flexibility index (Phi) is 4.50. The van der Waals surface area contributed by atoms with Crippen molar-refractivity contribution < 1.29 is 13.2 Å². The van der Waals surface area contributed by atoms with Crippen molar-refractivity contribution in [2.75, 3.05) is 12.8 Å². The lowest BCUT2D eigenvalue weighted by Crippen LogP contribution is -2.33. The Bertz CT molecular complexity index is 562. The van der Waals surface area contributed by atoms with Crippen LogP contribution in [0.15, 0.2) is 27.6 Å². The van der Waals surface area contributed by atoms with Crippen LogP contribution in [0.25, 0.3) is 0 Å². The molecule has 2 unspecified atom stereocenters. The van der Waals surface area contributed by atoms with E-state index in [0.717, 1.165) is 12.8 Å². The molecule has 1 aliphatic carbocycles. The van der Waals surface area contributed by atoms with E-state index < -0.39 is 10.0 Å². The van der Waals surface area contributed by atoms with Crippen molar-refractivity contribution in [2.45, 2.75) is 36.3 Å². The summed E-state index contributed by atoms with van der Waals surface area (Å²) in [5, 5.41) is 0. The fourth-order valence-electron chi connectivity index (χ4n) is 2.28. The van der Waals surface area contributed by atoms with Gasteiger partial charge in [0.05, 0.1) is 11.0 Å². The molecule has 2 atom stereocenters. The van der Waals surface area contributed by atoms with Gasteiger partial charge in [-0.05, 0) is 53.4 Å². The molecule has 1 fully saturated rings. The van der Waals surface area contributed by atoms with Crippen molar-refractivity contribution in [1.82, 2.24) is 4.72 Å². The largest absolute Gasteiger partial charge is 0.399 e. The number of methoxy groups -OCH3 is 1. The lowest BCUT2D eigenvalue weighted by Gasteiger charge is -2.14. The number of nitrogen functional groups attached to an aromatic ring is 1. The molecular formula is C12H17BrN2O3S. The van der Waals surface area contributed by atoms with Crippen LogP contribution in [0.3, 0.4) is 0 Å². The van der Waals surface area contributed by atoms with Gasteiger partial charge in [-0.2, -0.15) is 0 Å². The predicted molar refractivity (Wildman–Crippen MR) is 77.3 cm³/mol. The second-order valence-electron chi connectivity index (χ2n) is 4.68. The monoisotopic (exact) mass is 348 g/mol. The maximum absolute atomic E-state index is 12.3. The lowest BCUT2D eigenvalue weighted by molar-refractivity contribution is 0.107. The van der Waals surface area contributed by atoms with Crippen LogP contribution in [0.4, 0.5) is 5.69 Å². The zero-order valence-electron chi connectivity index (χ0n) is 10.6. The summed E-state index contributed by atoms with van der Waals surface area (Å²) < 4.78 is 33.0. The molecule has 106 valence electrons. The molecule has 0 radical (unpaired) electrons. The Labute approximate surface area is 121 Å². The van der Waals surface area contributed by atoms with Crippen LogP contribution >= 0.6 is 15.9 Å². The van der Waals surface area contributed by atoms with Crippen molar-refractivity contribution in [2.24, 2.45) is 0 Å². The Morgan fingerprint density at radius 3 is 2.74 bits per heavy atom. The summed E-state index contributed by atoms with van der Waals surface area (Å²) in [5.41, 5.74) is 6.13. The minimum atomic E-state index is -3.53. The topological polar surface area (TPSA) is 81.4 Å². The smallest absolute Gasteiger partial charge is 0.241 e. The molecule has 2 rings (SSSR count). The van der Waals surface area contributed by atoms with Crippen molar-refractivity contribution in [1.29, 1.82) is 0 Å². The van der Waals surface area contributed by atoms with E-state index >= 15 is 0 Å². The van der Waals surface area contributed by atoms with E-state index in [1.807, 2.05) is 0 Å². The predicted octanol–water partition coefficient (Wildman–Crippen LogP) is 1.88. The molecule has 0 aliphatic heterocycles. The third-order valence-corrected chi connectivity index (χ3v) is 5.78. The average molecular weight is 349 g/mol. The highest BCUT2D eigenvalue weighted by Crippen LogP contribution is 2.27. The number of rotatable bonds is 4. The highest BCUT2D eigenvalue weighted by molar-refractivity contribution is 9.10. The van der Waals surface area contributed by atoms with Crippen LogP contribution in [-0.2, 0) is 14.8 Å². The number of hydrogen-bond acceptors (Lipinski definition) is 4. The zero-order valence-corrected chi connectivity index (χ0v) is 13.0.